The third kappa shape index (κ3) is 3.41. The van der Waals surface area contributed by atoms with Crippen molar-refractivity contribution in [2.24, 2.45) is 0 Å². The number of aliphatic hydroxyl groups excluding tert-OH is 1. The molecule has 1 amide bonds. The third-order valence-electron chi connectivity index (χ3n) is 5.90. The fraction of sp³-hybridized carbons (Fsp3) is 0.280. The highest BCUT2D eigenvalue weighted by molar-refractivity contribution is 6.08. The first-order valence-corrected chi connectivity index (χ1v) is 10.3. The highest BCUT2D eigenvalue weighted by Crippen LogP contribution is 2.38. The maximum Gasteiger partial charge on any atom is 0.290 e. The van der Waals surface area contributed by atoms with Crippen molar-refractivity contribution in [3.63, 3.8) is 0 Å². The van der Waals surface area contributed by atoms with Crippen molar-refractivity contribution in [2.75, 3.05) is 6.54 Å². The number of carbonyl (C=O) groups excluding carboxylic acids is 2. The summed E-state index contributed by atoms with van der Waals surface area (Å²) in [6.45, 7) is 6.04. The van der Waals surface area contributed by atoms with Crippen molar-refractivity contribution >= 4 is 22.6 Å². The van der Waals surface area contributed by atoms with Gasteiger partial charge in [0.2, 0.25) is 0 Å². The molecule has 5 heteroatoms. The molecule has 2 heterocycles. The lowest BCUT2D eigenvalue weighted by Crippen LogP contribution is -2.32. The molecule has 2 N–H and O–H groups in total. The Morgan fingerprint density at radius 3 is 2.50 bits per heavy atom. The molecular formula is C25H26N2O3. The number of nitrogens with zero attached hydrogens (tertiary/aromatic N) is 1. The molecule has 0 saturated carbocycles. The van der Waals surface area contributed by atoms with Gasteiger partial charge < -0.3 is 15.0 Å². The Labute approximate surface area is 176 Å². The first kappa shape index (κ1) is 20.0. The van der Waals surface area contributed by atoms with E-state index in [1.54, 1.807) is 4.90 Å². The van der Waals surface area contributed by atoms with Crippen LogP contribution in [0.25, 0.3) is 10.9 Å². The monoisotopic (exact) mass is 402 g/mol. The van der Waals surface area contributed by atoms with Gasteiger partial charge in [0.15, 0.2) is 11.5 Å². The Morgan fingerprint density at radius 1 is 1.13 bits per heavy atom. The first-order valence-electron chi connectivity index (χ1n) is 10.3. The number of aliphatic hydroxyl groups is 1. The average Bonchev–Trinajstić information content (AvgIpc) is 3.25. The molecule has 1 atom stereocenters. The molecule has 0 aliphatic carbocycles. The molecule has 0 saturated heterocycles. The zero-order valence-corrected chi connectivity index (χ0v) is 17.5. The van der Waals surface area contributed by atoms with E-state index in [4.69, 9.17) is 0 Å². The van der Waals surface area contributed by atoms with E-state index in [0.717, 1.165) is 22.0 Å². The van der Waals surface area contributed by atoms with Gasteiger partial charge in [-0.1, -0.05) is 56.3 Å². The van der Waals surface area contributed by atoms with E-state index in [-0.39, 0.29) is 11.4 Å². The van der Waals surface area contributed by atoms with Crippen molar-refractivity contribution in [2.45, 2.75) is 39.2 Å². The zero-order chi connectivity index (χ0) is 21.4. The molecule has 0 radical (unpaired) electrons. The number of aromatic nitrogens is 1. The van der Waals surface area contributed by atoms with Crippen LogP contribution < -0.4 is 0 Å². The summed E-state index contributed by atoms with van der Waals surface area (Å²) < 4.78 is 0. The lowest BCUT2D eigenvalue weighted by atomic mass is 9.94. The molecule has 4 rings (SSSR count). The SMILES string of the molecule is CC(=O)C1=C(O)C(=O)N(CCc2c[nH]c3ccccc23)[C@H]1c1ccc(C(C)C)cc1. The Balaban J connectivity index is 1.66. The van der Waals surface area contributed by atoms with Crippen molar-refractivity contribution in [3.05, 3.63) is 82.8 Å². The second-order valence-corrected chi connectivity index (χ2v) is 8.15. The molecule has 2 aromatic carbocycles. The number of carbonyl (C=O) groups is 2. The van der Waals surface area contributed by atoms with E-state index in [1.807, 2.05) is 54.7 Å². The van der Waals surface area contributed by atoms with Gasteiger partial charge in [0.05, 0.1) is 11.6 Å². The highest BCUT2D eigenvalue weighted by atomic mass is 16.3. The number of aromatic amines is 1. The van der Waals surface area contributed by atoms with Crippen LogP contribution in [0.1, 0.15) is 49.4 Å². The number of benzene rings is 2. The number of Topliss-reactive ketones (excluding diaryl/α,β-unsaturated/α-hetero) is 1. The van der Waals surface area contributed by atoms with Crippen molar-refractivity contribution in [3.8, 4) is 0 Å². The summed E-state index contributed by atoms with van der Waals surface area (Å²) in [6, 6.07) is 15.4. The molecule has 1 aromatic heterocycles. The number of fused-ring (bicyclic) bond motifs is 1. The van der Waals surface area contributed by atoms with Gasteiger partial charge in [0, 0.05) is 23.6 Å². The number of H-pyrrole nitrogens is 1. The number of nitrogens with one attached hydrogen (secondary N) is 1. The summed E-state index contributed by atoms with van der Waals surface area (Å²) in [6.07, 6.45) is 2.58. The number of ketones is 1. The zero-order valence-electron chi connectivity index (χ0n) is 17.5. The van der Waals surface area contributed by atoms with E-state index < -0.39 is 17.7 Å². The molecule has 0 unspecified atom stereocenters. The van der Waals surface area contributed by atoms with Crippen LogP contribution in [-0.2, 0) is 16.0 Å². The molecule has 3 aromatic rings. The van der Waals surface area contributed by atoms with Crippen LogP contribution in [0.5, 0.6) is 0 Å². The molecule has 0 fully saturated rings. The molecule has 154 valence electrons. The van der Waals surface area contributed by atoms with Gasteiger partial charge in [-0.05, 0) is 42.0 Å². The molecule has 1 aliphatic heterocycles. The second kappa shape index (κ2) is 7.82. The van der Waals surface area contributed by atoms with Gasteiger partial charge in [-0.2, -0.15) is 0 Å². The summed E-state index contributed by atoms with van der Waals surface area (Å²) in [5, 5.41) is 11.6. The minimum atomic E-state index is -0.568. The van der Waals surface area contributed by atoms with Crippen molar-refractivity contribution in [1.29, 1.82) is 0 Å². The molecule has 0 bridgehead atoms. The number of hydrogen-bond donors (Lipinski definition) is 2. The van der Waals surface area contributed by atoms with Crippen LogP contribution >= 0.6 is 0 Å². The van der Waals surface area contributed by atoms with E-state index in [1.165, 1.54) is 12.5 Å². The van der Waals surface area contributed by atoms with E-state index >= 15 is 0 Å². The Morgan fingerprint density at radius 2 is 1.83 bits per heavy atom. The number of amides is 1. The summed E-state index contributed by atoms with van der Waals surface area (Å²) in [7, 11) is 0. The van der Waals surface area contributed by atoms with Crippen molar-refractivity contribution < 1.29 is 14.7 Å². The maximum absolute atomic E-state index is 12.9. The minimum Gasteiger partial charge on any atom is -0.503 e. The van der Waals surface area contributed by atoms with Crippen LogP contribution in [0, 0.1) is 0 Å². The third-order valence-corrected chi connectivity index (χ3v) is 5.90. The molecule has 1 aliphatic rings. The molecule has 30 heavy (non-hydrogen) atoms. The van der Waals surface area contributed by atoms with Crippen LogP contribution in [-0.4, -0.2) is 33.2 Å². The lowest BCUT2D eigenvalue weighted by molar-refractivity contribution is -0.129. The summed E-state index contributed by atoms with van der Waals surface area (Å²) in [5.41, 5.74) is 4.35. The lowest BCUT2D eigenvalue weighted by Gasteiger charge is -2.27. The summed E-state index contributed by atoms with van der Waals surface area (Å²) in [5.74, 6) is -0.816. The van der Waals surface area contributed by atoms with Gasteiger partial charge in [-0.3, -0.25) is 9.59 Å². The van der Waals surface area contributed by atoms with Gasteiger partial charge in [-0.25, -0.2) is 0 Å². The normalized spacial score (nSPS) is 16.9. The Bertz CT molecular complexity index is 1140. The topological polar surface area (TPSA) is 73.4 Å². The first-order chi connectivity index (χ1) is 14.4. The maximum atomic E-state index is 12.9. The smallest absolute Gasteiger partial charge is 0.290 e. The fourth-order valence-corrected chi connectivity index (χ4v) is 4.23. The molecular weight excluding hydrogens is 376 g/mol. The predicted octanol–water partition coefficient (Wildman–Crippen LogP) is 4.82. The molecule has 5 nitrogen and oxygen atoms in total. The Hall–Kier alpha value is -3.34. The number of hydrogen-bond acceptors (Lipinski definition) is 3. The molecule has 0 spiro atoms. The predicted molar refractivity (Wildman–Crippen MR) is 117 cm³/mol. The number of rotatable bonds is 6. The van der Waals surface area contributed by atoms with E-state index in [2.05, 4.69) is 18.8 Å². The summed E-state index contributed by atoms with van der Waals surface area (Å²) >= 11 is 0. The Kier molecular flexibility index (Phi) is 5.20. The van der Waals surface area contributed by atoms with Crippen LogP contribution in [0.4, 0.5) is 0 Å². The van der Waals surface area contributed by atoms with Gasteiger partial charge >= 0.3 is 0 Å². The quantitative estimate of drug-likeness (QED) is 0.621. The summed E-state index contributed by atoms with van der Waals surface area (Å²) in [4.78, 5) is 30.0. The van der Waals surface area contributed by atoms with E-state index in [9.17, 15) is 14.7 Å². The van der Waals surface area contributed by atoms with Crippen LogP contribution in [0.2, 0.25) is 0 Å². The minimum absolute atomic E-state index is 0.177. The van der Waals surface area contributed by atoms with Crippen LogP contribution in [0.3, 0.4) is 0 Å². The number of para-hydroxylation sites is 1. The van der Waals surface area contributed by atoms with Gasteiger partial charge in [-0.15, -0.1) is 0 Å². The largest absolute Gasteiger partial charge is 0.503 e. The second-order valence-electron chi connectivity index (χ2n) is 8.15. The van der Waals surface area contributed by atoms with Crippen LogP contribution in [0.15, 0.2) is 66.1 Å². The standard InChI is InChI=1S/C25H26N2O3/c1-15(2)17-8-10-18(11-9-17)23-22(16(3)28)24(29)25(30)27(23)13-12-19-14-26-21-7-5-4-6-20(19)21/h4-11,14-15,23,26,29H,12-13H2,1-3H3/t23-/m0/s1. The van der Waals surface area contributed by atoms with E-state index in [0.29, 0.717) is 18.9 Å². The highest BCUT2D eigenvalue weighted by Gasteiger charge is 2.42. The average molecular weight is 402 g/mol. The fourth-order valence-electron chi connectivity index (χ4n) is 4.23. The van der Waals surface area contributed by atoms with Gasteiger partial charge in [0.25, 0.3) is 5.91 Å². The van der Waals surface area contributed by atoms with Crippen molar-refractivity contribution in [1.82, 2.24) is 9.88 Å². The van der Waals surface area contributed by atoms with Gasteiger partial charge in [0.1, 0.15) is 0 Å².